The maximum absolute atomic E-state index is 13.7. The zero-order valence-electron chi connectivity index (χ0n) is 17.0. The minimum Gasteiger partial charge on any atom is -0.368 e. The minimum absolute atomic E-state index is 0.269. The highest BCUT2D eigenvalue weighted by atomic mass is 32.1. The van der Waals surface area contributed by atoms with Gasteiger partial charge in [0.05, 0.1) is 15.8 Å². The summed E-state index contributed by atoms with van der Waals surface area (Å²) in [7, 11) is 0. The van der Waals surface area contributed by atoms with Gasteiger partial charge in [0.2, 0.25) is 0 Å². The maximum atomic E-state index is 13.7. The average molecular weight is 451 g/mol. The van der Waals surface area contributed by atoms with Crippen molar-refractivity contribution in [2.45, 2.75) is 32.1 Å². The fourth-order valence-corrected chi connectivity index (χ4v) is 5.57. The number of thiazole rings is 1. The Labute approximate surface area is 181 Å². The summed E-state index contributed by atoms with van der Waals surface area (Å²) in [6.45, 7) is 5.18. The number of anilines is 2. The Bertz CT molecular complexity index is 1130. The summed E-state index contributed by atoms with van der Waals surface area (Å²) in [5.41, 5.74) is 2.14. The molecule has 0 aliphatic carbocycles. The van der Waals surface area contributed by atoms with Crippen LogP contribution in [0.15, 0.2) is 30.3 Å². The second-order valence-corrected chi connectivity index (χ2v) is 9.18. The van der Waals surface area contributed by atoms with E-state index in [1.165, 1.54) is 29.5 Å². The first-order valence-electron chi connectivity index (χ1n) is 10.3. The van der Waals surface area contributed by atoms with Crippen LogP contribution in [0.3, 0.4) is 0 Å². The van der Waals surface area contributed by atoms with Gasteiger partial charge in [0.15, 0.2) is 5.13 Å². The highest BCUT2D eigenvalue weighted by molar-refractivity contribution is 7.22. The van der Waals surface area contributed by atoms with Crippen molar-refractivity contribution in [2.24, 2.45) is 0 Å². The molecule has 1 saturated heterocycles. The lowest BCUT2D eigenvalue weighted by molar-refractivity contribution is -0.138. The van der Waals surface area contributed by atoms with Crippen molar-refractivity contribution < 1.29 is 17.6 Å². The van der Waals surface area contributed by atoms with Crippen LogP contribution in [-0.4, -0.2) is 37.2 Å². The third kappa shape index (κ3) is 3.85. The second-order valence-electron chi connectivity index (χ2n) is 8.17. The molecule has 0 amide bonds. The summed E-state index contributed by atoms with van der Waals surface area (Å²) in [5, 5.41) is 4.09. The monoisotopic (exact) mass is 450 g/mol. The average Bonchev–Trinajstić information content (AvgIpc) is 3.15. The molecule has 31 heavy (non-hydrogen) atoms. The van der Waals surface area contributed by atoms with E-state index < -0.39 is 11.7 Å². The quantitative estimate of drug-likeness (QED) is 0.568. The van der Waals surface area contributed by atoms with E-state index in [2.05, 4.69) is 22.1 Å². The minimum atomic E-state index is -4.38. The summed E-state index contributed by atoms with van der Waals surface area (Å²) < 4.78 is 55.5. The number of hydrogen-bond donors (Lipinski definition) is 1. The molecule has 0 radical (unpaired) electrons. The molecule has 1 N–H and O–H groups in total. The first-order valence-corrected chi connectivity index (χ1v) is 11.1. The molecule has 0 bridgehead atoms. The van der Waals surface area contributed by atoms with E-state index in [1.54, 1.807) is 12.1 Å². The molecule has 1 aromatic heterocycles. The lowest BCUT2D eigenvalue weighted by atomic mass is 9.92. The largest absolute Gasteiger partial charge is 0.416 e. The van der Waals surface area contributed by atoms with Gasteiger partial charge < -0.3 is 15.1 Å². The van der Waals surface area contributed by atoms with Crippen LogP contribution in [0.2, 0.25) is 0 Å². The van der Waals surface area contributed by atoms with E-state index in [0.717, 1.165) is 35.6 Å². The van der Waals surface area contributed by atoms with Gasteiger partial charge in [0, 0.05) is 44.5 Å². The summed E-state index contributed by atoms with van der Waals surface area (Å²) in [6, 6.07) is 7.58. The Hall–Kier alpha value is -2.39. The third-order valence-corrected chi connectivity index (χ3v) is 7.09. The van der Waals surface area contributed by atoms with Gasteiger partial charge in [-0.05, 0) is 54.8 Å². The molecular formula is C22H22F4N4S. The molecule has 5 rings (SSSR count). The molecule has 2 aromatic carbocycles. The van der Waals surface area contributed by atoms with Crippen molar-refractivity contribution in [3.8, 4) is 0 Å². The van der Waals surface area contributed by atoms with Gasteiger partial charge >= 0.3 is 6.18 Å². The normalized spacial score (nSPS) is 19.7. The third-order valence-electron chi connectivity index (χ3n) is 6.01. The van der Waals surface area contributed by atoms with Crippen LogP contribution in [0.25, 0.3) is 10.2 Å². The molecule has 1 unspecified atom stereocenters. The van der Waals surface area contributed by atoms with Gasteiger partial charge in [-0.15, -0.1) is 0 Å². The lowest BCUT2D eigenvalue weighted by Crippen LogP contribution is -2.50. The number of alkyl halides is 3. The topological polar surface area (TPSA) is 31.4 Å². The smallest absolute Gasteiger partial charge is 0.368 e. The molecule has 1 fully saturated rings. The molecule has 164 valence electrons. The van der Waals surface area contributed by atoms with Crippen molar-refractivity contribution >= 4 is 32.4 Å². The van der Waals surface area contributed by atoms with Crippen LogP contribution >= 0.6 is 11.3 Å². The van der Waals surface area contributed by atoms with Gasteiger partial charge in [-0.2, -0.15) is 13.2 Å². The SMILES string of the molecule is CC1CN(c2ccc(C(F)(F)F)c3c2CN(c2nc4ccc(F)cc4s2)CC3)CCN1. The van der Waals surface area contributed by atoms with Gasteiger partial charge in [0.1, 0.15) is 5.82 Å². The maximum Gasteiger partial charge on any atom is 0.416 e. The number of nitrogens with one attached hydrogen (secondary N) is 1. The molecule has 0 spiro atoms. The number of rotatable bonds is 2. The molecule has 0 saturated carbocycles. The van der Waals surface area contributed by atoms with E-state index >= 15 is 0 Å². The Balaban J connectivity index is 1.55. The van der Waals surface area contributed by atoms with Crippen molar-refractivity contribution in [1.82, 2.24) is 10.3 Å². The molecule has 3 heterocycles. The number of nitrogens with zero attached hydrogens (tertiary/aromatic N) is 3. The first kappa shape index (κ1) is 20.5. The van der Waals surface area contributed by atoms with Crippen molar-refractivity contribution in [2.75, 3.05) is 36.0 Å². The molecule has 2 aliphatic heterocycles. The summed E-state index contributed by atoms with van der Waals surface area (Å²) >= 11 is 1.37. The van der Waals surface area contributed by atoms with Gasteiger partial charge in [-0.25, -0.2) is 9.37 Å². The number of aromatic nitrogens is 1. The summed E-state index contributed by atoms with van der Waals surface area (Å²) in [6.07, 6.45) is -4.08. The fraction of sp³-hybridized carbons (Fsp3) is 0.409. The van der Waals surface area contributed by atoms with Crippen molar-refractivity contribution in [1.29, 1.82) is 0 Å². The standard InChI is InChI=1S/C22H22F4N4S/c1-13-11-29(9-7-27-13)19-5-3-17(22(24,25)26)15-6-8-30(12-16(15)19)21-28-18-4-2-14(23)10-20(18)31-21/h2-5,10,13,27H,6-9,11-12H2,1H3. The van der Waals surface area contributed by atoms with E-state index in [9.17, 15) is 17.6 Å². The summed E-state index contributed by atoms with van der Waals surface area (Å²) in [5.74, 6) is -0.323. The fourth-order valence-electron chi connectivity index (χ4n) is 4.56. The lowest BCUT2D eigenvalue weighted by Gasteiger charge is -2.38. The zero-order chi connectivity index (χ0) is 21.8. The first-order chi connectivity index (χ1) is 14.8. The molecule has 9 heteroatoms. The highest BCUT2D eigenvalue weighted by Gasteiger charge is 2.37. The molecule has 4 nitrogen and oxygen atoms in total. The Kier molecular flexibility index (Phi) is 5.05. The molecular weight excluding hydrogens is 428 g/mol. The number of fused-ring (bicyclic) bond motifs is 2. The van der Waals surface area contributed by atoms with Gasteiger partial charge in [-0.3, -0.25) is 0 Å². The van der Waals surface area contributed by atoms with Gasteiger partial charge in [-0.1, -0.05) is 11.3 Å². The summed E-state index contributed by atoms with van der Waals surface area (Å²) in [4.78, 5) is 8.80. The van der Waals surface area contributed by atoms with Crippen LogP contribution in [-0.2, 0) is 19.1 Å². The number of halogens is 4. The predicted octanol–water partition coefficient (Wildman–Crippen LogP) is 4.82. The Morgan fingerprint density at radius 2 is 1.94 bits per heavy atom. The molecule has 2 aliphatic rings. The zero-order valence-corrected chi connectivity index (χ0v) is 17.8. The number of hydrogen-bond acceptors (Lipinski definition) is 5. The Morgan fingerprint density at radius 1 is 1.10 bits per heavy atom. The van der Waals surface area contributed by atoms with Gasteiger partial charge in [0.25, 0.3) is 0 Å². The Morgan fingerprint density at radius 3 is 2.71 bits per heavy atom. The van der Waals surface area contributed by atoms with E-state index in [0.29, 0.717) is 35.7 Å². The van der Waals surface area contributed by atoms with Crippen LogP contribution in [0.5, 0.6) is 0 Å². The van der Waals surface area contributed by atoms with E-state index in [4.69, 9.17) is 0 Å². The molecule has 1 atom stereocenters. The molecule has 3 aromatic rings. The number of piperazine rings is 1. The van der Waals surface area contributed by atoms with Crippen LogP contribution < -0.4 is 15.1 Å². The predicted molar refractivity (Wildman–Crippen MR) is 115 cm³/mol. The van der Waals surface area contributed by atoms with E-state index in [-0.39, 0.29) is 11.9 Å². The van der Waals surface area contributed by atoms with E-state index in [1.807, 2.05) is 4.90 Å². The highest BCUT2D eigenvalue weighted by Crippen LogP contribution is 2.41. The van der Waals surface area contributed by atoms with Crippen LogP contribution in [0.1, 0.15) is 23.6 Å². The van der Waals surface area contributed by atoms with Crippen LogP contribution in [0.4, 0.5) is 28.4 Å². The second kappa shape index (κ2) is 7.63. The van der Waals surface area contributed by atoms with Crippen molar-refractivity contribution in [3.05, 3.63) is 52.8 Å². The van der Waals surface area contributed by atoms with Crippen LogP contribution in [0, 0.1) is 5.82 Å². The van der Waals surface area contributed by atoms with Crippen molar-refractivity contribution in [3.63, 3.8) is 0 Å². The number of benzene rings is 2.